The summed E-state index contributed by atoms with van der Waals surface area (Å²) in [4.78, 5) is 0. The van der Waals surface area contributed by atoms with Crippen molar-refractivity contribution < 1.29 is 9.47 Å². The first-order valence-electron chi connectivity index (χ1n) is 6.07. The van der Waals surface area contributed by atoms with Crippen LogP contribution in [0.25, 0.3) is 0 Å². The van der Waals surface area contributed by atoms with Crippen LogP contribution >= 0.6 is 11.6 Å². The molecule has 2 rings (SSSR count). The lowest BCUT2D eigenvalue weighted by Gasteiger charge is -2.15. The maximum absolute atomic E-state index is 8.94. The highest BCUT2D eigenvalue weighted by Gasteiger charge is 2.11. The fourth-order valence-corrected chi connectivity index (χ4v) is 2.00. The number of nitrogen functional groups attached to an aromatic ring is 1. The van der Waals surface area contributed by atoms with Crippen molar-refractivity contribution >= 4 is 28.7 Å². The zero-order chi connectivity index (χ0) is 15.4. The number of ether oxygens (including phenoxy) is 2. The topological polar surface area (TPSA) is 80.3 Å². The van der Waals surface area contributed by atoms with E-state index in [1.165, 1.54) is 7.11 Å². The van der Waals surface area contributed by atoms with Gasteiger partial charge in [-0.25, -0.2) is 0 Å². The lowest BCUT2D eigenvalue weighted by atomic mass is 10.2. The van der Waals surface area contributed by atoms with Crippen LogP contribution in [0, 0.1) is 11.3 Å². The van der Waals surface area contributed by atoms with E-state index < -0.39 is 0 Å². The SMILES string of the molecule is COc1cc(N)c(Nc2cc(C#N)ccc2Cl)cc1OC. The third-order valence-electron chi connectivity index (χ3n) is 2.92. The van der Waals surface area contributed by atoms with Crippen molar-refractivity contribution in [3.8, 4) is 17.6 Å². The lowest BCUT2D eigenvalue weighted by Crippen LogP contribution is -2.00. The fraction of sp³-hybridized carbons (Fsp3) is 0.133. The summed E-state index contributed by atoms with van der Waals surface area (Å²) >= 11 is 6.12. The monoisotopic (exact) mass is 303 g/mol. The molecular formula is C15H14ClN3O2. The van der Waals surface area contributed by atoms with Crippen molar-refractivity contribution in [2.75, 3.05) is 25.3 Å². The minimum absolute atomic E-state index is 0.478. The number of nitrogens with two attached hydrogens (primary N) is 1. The molecule has 0 aliphatic heterocycles. The van der Waals surface area contributed by atoms with Gasteiger partial charge >= 0.3 is 0 Å². The zero-order valence-corrected chi connectivity index (χ0v) is 12.4. The molecule has 0 heterocycles. The highest BCUT2D eigenvalue weighted by Crippen LogP contribution is 2.37. The minimum Gasteiger partial charge on any atom is -0.493 e. The Morgan fingerprint density at radius 2 is 1.76 bits per heavy atom. The van der Waals surface area contributed by atoms with E-state index in [0.717, 1.165) is 0 Å². The molecule has 0 atom stereocenters. The Hall–Kier alpha value is -2.58. The average Bonchev–Trinajstić information content (AvgIpc) is 2.50. The number of halogens is 1. The van der Waals surface area contributed by atoms with Crippen LogP contribution in [0.4, 0.5) is 17.1 Å². The normalized spacial score (nSPS) is 9.81. The van der Waals surface area contributed by atoms with Crippen molar-refractivity contribution in [2.24, 2.45) is 0 Å². The van der Waals surface area contributed by atoms with Crippen molar-refractivity contribution in [2.45, 2.75) is 0 Å². The summed E-state index contributed by atoms with van der Waals surface area (Å²) in [5.74, 6) is 1.08. The van der Waals surface area contributed by atoms with Crippen LogP contribution in [0.5, 0.6) is 11.5 Å². The van der Waals surface area contributed by atoms with Gasteiger partial charge in [-0.3, -0.25) is 0 Å². The zero-order valence-electron chi connectivity index (χ0n) is 11.6. The molecule has 108 valence electrons. The first kappa shape index (κ1) is 14.8. The highest BCUT2D eigenvalue weighted by molar-refractivity contribution is 6.33. The predicted octanol–water partition coefficient (Wildman–Crippen LogP) is 3.55. The molecule has 0 spiro atoms. The van der Waals surface area contributed by atoms with Gasteiger partial charge in [0.2, 0.25) is 0 Å². The van der Waals surface area contributed by atoms with Crippen LogP contribution in [-0.2, 0) is 0 Å². The first-order valence-corrected chi connectivity index (χ1v) is 6.45. The molecule has 3 N–H and O–H groups in total. The van der Waals surface area contributed by atoms with Crippen molar-refractivity contribution in [1.29, 1.82) is 5.26 Å². The first-order chi connectivity index (χ1) is 10.1. The van der Waals surface area contributed by atoms with E-state index in [9.17, 15) is 0 Å². The van der Waals surface area contributed by atoms with Gasteiger partial charge in [0.25, 0.3) is 0 Å². The van der Waals surface area contributed by atoms with E-state index in [4.69, 9.17) is 32.1 Å². The Bertz CT molecular complexity index is 711. The quantitative estimate of drug-likeness (QED) is 0.844. The van der Waals surface area contributed by atoms with Crippen LogP contribution < -0.4 is 20.5 Å². The molecule has 0 fully saturated rings. The summed E-state index contributed by atoms with van der Waals surface area (Å²) in [5, 5.41) is 12.5. The van der Waals surface area contributed by atoms with Crippen LogP contribution in [0.15, 0.2) is 30.3 Å². The Morgan fingerprint density at radius 1 is 1.10 bits per heavy atom. The largest absolute Gasteiger partial charge is 0.493 e. The molecule has 21 heavy (non-hydrogen) atoms. The Balaban J connectivity index is 2.42. The van der Waals surface area contributed by atoms with E-state index >= 15 is 0 Å². The van der Waals surface area contributed by atoms with E-state index in [1.54, 1.807) is 37.4 Å². The number of hydrogen-bond acceptors (Lipinski definition) is 5. The molecule has 5 nitrogen and oxygen atoms in total. The predicted molar refractivity (Wildman–Crippen MR) is 83.4 cm³/mol. The Morgan fingerprint density at radius 3 is 2.38 bits per heavy atom. The van der Waals surface area contributed by atoms with Crippen molar-refractivity contribution in [3.63, 3.8) is 0 Å². The number of nitrogens with zero attached hydrogens (tertiary/aromatic N) is 1. The third-order valence-corrected chi connectivity index (χ3v) is 3.25. The Kier molecular flexibility index (Phi) is 4.41. The standard InChI is InChI=1S/C15H14ClN3O2/c1-20-14-6-11(18)13(7-15(14)21-2)19-12-5-9(8-17)3-4-10(12)16/h3-7,19H,18H2,1-2H3. The van der Waals surface area contributed by atoms with Gasteiger partial charge in [-0.05, 0) is 18.2 Å². The van der Waals surface area contributed by atoms with Crippen molar-refractivity contribution in [1.82, 2.24) is 0 Å². The third kappa shape index (κ3) is 3.12. The molecule has 0 aromatic heterocycles. The number of anilines is 3. The summed E-state index contributed by atoms with van der Waals surface area (Å²) < 4.78 is 10.4. The second-order valence-electron chi connectivity index (χ2n) is 4.23. The minimum atomic E-state index is 0.478. The summed E-state index contributed by atoms with van der Waals surface area (Å²) in [7, 11) is 3.08. The van der Waals surface area contributed by atoms with Gasteiger partial charge in [-0.15, -0.1) is 0 Å². The summed E-state index contributed by atoms with van der Waals surface area (Å²) in [6, 6.07) is 10.4. The van der Waals surface area contributed by atoms with E-state index in [-0.39, 0.29) is 0 Å². The van der Waals surface area contributed by atoms with Crippen LogP contribution in [0.2, 0.25) is 5.02 Å². The number of nitrogens with one attached hydrogen (secondary N) is 1. The Labute approximate surface area is 127 Å². The number of benzene rings is 2. The van der Waals surface area contributed by atoms with Crippen LogP contribution in [0.3, 0.4) is 0 Å². The lowest BCUT2D eigenvalue weighted by molar-refractivity contribution is 0.355. The van der Waals surface area contributed by atoms with Gasteiger partial charge in [0.1, 0.15) is 0 Å². The average molecular weight is 304 g/mol. The van der Waals surface area contributed by atoms with Gasteiger partial charge in [-0.2, -0.15) is 5.26 Å². The van der Waals surface area contributed by atoms with Crippen LogP contribution in [-0.4, -0.2) is 14.2 Å². The second kappa shape index (κ2) is 6.25. The molecule has 0 aliphatic carbocycles. The molecule has 0 bridgehead atoms. The van der Waals surface area contributed by atoms with Crippen molar-refractivity contribution in [3.05, 3.63) is 40.9 Å². The van der Waals surface area contributed by atoms with Crippen LogP contribution in [0.1, 0.15) is 5.56 Å². The fourth-order valence-electron chi connectivity index (χ4n) is 1.84. The summed E-state index contributed by atoms with van der Waals surface area (Å²) in [6.45, 7) is 0. The molecule has 2 aromatic rings. The molecule has 0 unspecified atom stereocenters. The van der Waals surface area contributed by atoms with Gasteiger partial charge < -0.3 is 20.5 Å². The molecule has 0 radical (unpaired) electrons. The number of hydrogen-bond donors (Lipinski definition) is 2. The number of methoxy groups -OCH3 is 2. The van der Waals surface area contributed by atoms with Gasteiger partial charge in [0, 0.05) is 12.1 Å². The maximum atomic E-state index is 8.94. The second-order valence-corrected chi connectivity index (χ2v) is 4.63. The molecule has 0 saturated heterocycles. The number of nitriles is 1. The summed E-state index contributed by atoms with van der Waals surface area (Å²) in [5.41, 5.74) is 8.17. The van der Waals surface area contributed by atoms with E-state index in [1.807, 2.05) is 0 Å². The summed E-state index contributed by atoms with van der Waals surface area (Å²) in [6.07, 6.45) is 0. The van der Waals surface area contributed by atoms with Gasteiger partial charge in [0.05, 0.1) is 47.9 Å². The van der Waals surface area contributed by atoms with Gasteiger partial charge in [-0.1, -0.05) is 11.6 Å². The van der Waals surface area contributed by atoms with E-state index in [0.29, 0.717) is 39.1 Å². The smallest absolute Gasteiger partial charge is 0.162 e. The number of rotatable bonds is 4. The highest BCUT2D eigenvalue weighted by atomic mass is 35.5. The molecular weight excluding hydrogens is 290 g/mol. The van der Waals surface area contributed by atoms with E-state index in [2.05, 4.69) is 11.4 Å². The maximum Gasteiger partial charge on any atom is 0.162 e. The molecule has 0 saturated carbocycles. The molecule has 6 heteroatoms. The van der Waals surface area contributed by atoms with Gasteiger partial charge in [0.15, 0.2) is 11.5 Å². The molecule has 2 aromatic carbocycles. The molecule has 0 aliphatic rings. The molecule has 0 amide bonds.